The third-order valence-electron chi connectivity index (χ3n) is 7.26. The van der Waals surface area contributed by atoms with Crippen LogP contribution in [0.25, 0.3) is 11.0 Å². The van der Waals surface area contributed by atoms with Crippen LogP contribution in [0.1, 0.15) is 41.7 Å². The summed E-state index contributed by atoms with van der Waals surface area (Å²) in [6.45, 7) is 2.93. The van der Waals surface area contributed by atoms with E-state index in [4.69, 9.17) is 0 Å². The Morgan fingerprint density at radius 1 is 0.946 bits per heavy atom. The van der Waals surface area contributed by atoms with Gasteiger partial charge in [0.15, 0.2) is 19.7 Å². The molecule has 37 heavy (non-hydrogen) atoms. The van der Waals surface area contributed by atoms with Crippen LogP contribution in [0.5, 0.6) is 0 Å². The molecule has 4 aromatic rings. The van der Waals surface area contributed by atoms with Crippen LogP contribution in [0, 0.1) is 0 Å². The van der Waals surface area contributed by atoms with E-state index in [-0.39, 0.29) is 5.92 Å². The van der Waals surface area contributed by atoms with E-state index in [1.165, 1.54) is 17.4 Å². The number of sulfone groups is 2. The van der Waals surface area contributed by atoms with Crippen molar-refractivity contribution in [2.75, 3.05) is 32.1 Å². The zero-order valence-electron chi connectivity index (χ0n) is 20.9. The molecule has 0 unspecified atom stereocenters. The van der Waals surface area contributed by atoms with Gasteiger partial charge in [-0.2, -0.15) is 0 Å². The van der Waals surface area contributed by atoms with Crippen molar-refractivity contribution in [3.05, 3.63) is 76.7 Å². The zero-order valence-corrected chi connectivity index (χ0v) is 23.4. The molecule has 5 rings (SSSR count). The molecule has 10 heteroatoms. The summed E-state index contributed by atoms with van der Waals surface area (Å²) in [7, 11) is -6.47. The molecule has 1 fully saturated rings. The van der Waals surface area contributed by atoms with Crippen molar-refractivity contribution in [3.8, 4) is 0 Å². The molecule has 1 atom stereocenters. The highest BCUT2D eigenvalue weighted by Gasteiger charge is 2.24. The number of hydrogen-bond acceptors (Lipinski definition) is 7. The van der Waals surface area contributed by atoms with E-state index in [9.17, 15) is 16.8 Å². The molecule has 0 saturated carbocycles. The zero-order chi connectivity index (χ0) is 26.2. The lowest BCUT2D eigenvalue weighted by Gasteiger charge is -2.33. The number of aromatic nitrogens is 2. The molecule has 7 nitrogen and oxygen atoms in total. The van der Waals surface area contributed by atoms with Gasteiger partial charge in [-0.1, -0.05) is 18.2 Å². The van der Waals surface area contributed by atoms with E-state index < -0.39 is 19.7 Å². The summed E-state index contributed by atoms with van der Waals surface area (Å²) >= 11 is 1.74. The van der Waals surface area contributed by atoms with Crippen LogP contribution in [0.4, 0.5) is 0 Å². The number of fused-ring (bicyclic) bond motifs is 1. The predicted molar refractivity (Wildman–Crippen MR) is 148 cm³/mol. The molecule has 2 aromatic carbocycles. The molecular weight excluding hydrogens is 527 g/mol. The van der Waals surface area contributed by atoms with Gasteiger partial charge < -0.3 is 9.47 Å². The average molecular weight is 558 g/mol. The second kappa shape index (κ2) is 10.3. The molecule has 2 aromatic heterocycles. The fraction of sp³-hybridized carbons (Fsp3) is 0.370. The SMILES string of the molecule is CS(=O)(=O)c1ccc([C@@H](CCN2CCC(n3cnc4cc(S(C)(=O)=O)ccc43)CC2)c2cccs2)cc1. The summed E-state index contributed by atoms with van der Waals surface area (Å²) in [5.74, 6) is 0.230. The number of likely N-dealkylation sites (tertiary alicyclic amines) is 1. The second-order valence-corrected chi connectivity index (χ2v) is 14.9. The summed E-state index contributed by atoms with van der Waals surface area (Å²) in [5.41, 5.74) is 2.83. The van der Waals surface area contributed by atoms with Crippen molar-refractivity contribution in [3.63, 3.8) is 0 Å². The third kappa shape index (κ3) is 5.82. The molecule has 1 aliphatic rings. The van der Waals surface area contributed by atoms with Crippen molar-refractivity contribution in [2.24, 2.45) is 0 Å². The Morgan fingerprint density at radius 3 is 2.24 bits per heavy atom. The maximum atomic E-state index is 11.9. The van der Waals surface area contributed by atoms with Crippen molar-refractivity contribution in [2.45, 2.75) is 41.0 Å². The molecule has 0 radical (unpaired) electrons. The minimum absolute atomic E-state index is 0.230. The van der Waals surface area contributed by atoms with Gasteiger partial charge in [-0.05, 0) is 73.1 Å². The minimum atomic E-state index is -3.26. The summed E-state index contributed by atoms with van der Waals surface area (Å²) in [6.07, 6.45) is 7.27. The fourth-order valence-electron chi connectivity index (χ4n) is 5.18. The Labute approximate surface area is 222 Å². The van der Waals surface area contributed by atoms with Crippen molar-refractivity contribution >= 4 is 42.0 Å². The Kier molecular flexibility index (Phi) is 7.28. The molecule has 196 valence electrons. The fourth-order valence-corrected chi connectivity index (χ4v) is 7.34. The standard InChI is InChI=1S/C27H31N3O4S3/c1-36(31,32)22-7-5-20(6-8-22)24(27-4-3-17-35-27)13-16-29-14-11-21(12-15-29)30-19-28-25-18-23(37(2,33)34)9-10-26(25)30/h3-10,17-19,21,24H,11-16H2,1-2H3/t24-/m1/s1. The Morgan fingerprint density at radius 2 is 1.62 bits per heavy atom. The first-order valence-corrected chi connectivity index (χ1v) is 17.0. The first-order valence-electron chi connectivity index (χ1n) is 12.3. The molecule has 0 amide bonds. The summed E-state index contributed by atoms with van der Waals surface area (Å²) in [5, 5.41) is 2.09. The monoisotopic (exact) mass is 557 g/mol. The van der Waals surface area contributed by atoms with Gasteiger partial charge >= 0.3 is 0 Å². The van der Waals surface area contributed by atoms with Crippen LogP contribution in [-0.2, 0) is 19.7 Å². The summed E-state index contributed by atoms with van der Waals surface area (Å²) in [4.78, 5) is 8.92. The van der Waals surface area contributed by atoms with Gasteiger partial charge in [0.05, 0.1) is 27.2 Å². The van der Waals surface area contributed by atoms with E-state index in [1.54, 1.807) is 35.6 Å². The van der Waals surface area contributed by atoms with Crippen molar-refractivity contribution < 1.29 is 16.8 Å². The van der Waals surface area contributed by atoms with Gasteiger partial charge in [0.1, 0.15) is 0 Å². The number of thiophene rings is 1. The molecule has 0 spiro atoms. The smallest absolute Gasteiger partial charge is 0.175 e. The topological polar surface area (TPSA) is 89.3 Å². The number of piperidine rings is 1. The van der Waals surface area contributed by atoms with Crippen molar-refractivity contribution in [1.29, 1.82) is 0 Å². The lowest BCUT2D eigenvalue weighted by Crippen LogP contribution is -2.35. The van der Waals surface area contributed by atoms with Crippen LogP contribution in [0.3, 0.4) is 0 Å². The van der Waals surface area contributed by atoms with Gasteiger partial charge in [0.25, 0.3) is 0 Å². The lowest BCUT2D eigenvalue weighted by molar-refractivity contribution is 0.185. The van der Waals surface area contributed by atoms with Crippen LogP contribution in [-0.4, -0.2) is 63.4 Å². The summed E-state index contributed by atoms with van der Waals surface area (Å²) < 4.78 is 49.7. The van der Waals surface area contributed by atoms with E-state index in [0.29, 0.717) is 21.3 Å². The number of hydrogen-bond donors (Lipinski definition) is 0. The number of nitrogens with zero attached hydrogens (tertiary/aromatic N) is 3. The molecule has 0 bridgehead atoms. The minimum Gasteiger partial charge on any atom is -0.327 e. The third-order valence-corrected chi connectivity index (χ3v) is 10.5. The maximum absolute atomic E-state index is 11.9. The Bertz CT molecular complexity index is 1580. The largest absolute Gasteiger partial charge is 0.327 e. The lowest BCUT2D eigenvalue weighted by atomic mass is 9.93. The quantitative estimate of drug-likeness (QED) is 0.310. The number of benzene rings is 2. The maximum Gasteiger partial charge on any atom is 0.175 e. The van der Waals surface area contributed by atoms with Crippen LogP contribution in [0.15, 0.2) is 76.1 Å². The first-order chi connectivity index (χ1) is 17.6. The highest BCUT2D eigenvalue weighted by Crippen LogP contribution is 2.33. The Hall–Kier alpha value is -2.53. The van der Waals surface area contributed by atoms with Gasteiger partial charge in [-0.3, -0.25) is 0 Å². The molecular formula is C27H31N3O4S3. The molecule has 0 N–H and O–H groups in total. The van der Waals surface area contributed by atoms with Crippen molar-refractivity contribution in [1.82, 2.24) is 14.5 Å². The predicted octanol–water partition coefficient (Wildman–Crippen LogP) is 4.76. The van der Waals surface area contributed by atoms with Crippen LogP contribution < -0.4 is 0 Å². The van der Waals surface area contributed by atoms with Crippen LogP contribution in [0.2, 0.25) is 0 Å². The average Bonchev–Trinajstić information content (AvgIpc) is 3.54. The molecule has 3 heterocycles. The normalized spacial score (nSPS) is 16.8. The van der Waals surface area contributed by atoms with Gasteiger partial charge in [0, 0.05) is 42.4 Å². The summed E-state index contributed by atoms with van der Waals surface area (Å²) in [6, 6.07) is 17.1. The highest BCUT2D eigenvalue weighted by molar-refractivity contribution is 7.91. The highest BCUT2D eigenvalue weighted by atomic mass is 32.2. The number of rotatable bonds is 8. The number of imidazole rings is 1. The molecule has 1 aliphatic heterocycles. The van der Waals surface area contributed by atoms with Crippen LogP contribution >= 0.6 is 11.3 Å². The van der Waals surface area contributed by atoms with Gasteiger partial charge in [0.2, 0.25) is 0 Å². The second-order valence-electron chi connectivity index (χ2n) is 9.85. The molecule has 0 aliphatic carbocycles. The van der Waals surface area contributed by atoms with E-state index in [0.717, 1.165) is 50.0 Å². The van der Waals surface area contributed by atoms with E-state index in [2.05, 4.69) is 32.0 Å². The van der Waals surface area contributed by atoms with Gasteiger partial charge in [-0.15, -0.1) is 11.3 Å². The molecule has 1 saturated heterocycles. The van der Waals surface area contributed by atoms with E-state index >= 15 is 0 Å². The van der Waals surface area contributed by atoms with E-state index in [1.807, 2.05) is 24.5 Å². The first kappa shape index (κ1) is 26.1. The van der Waals surface area contributed by atoms with Gasteiger partial charge in [-0.25, -0.2) is 21.8 Å². The Balaban J connectivity index is 1.24.